The lowest BCUT2D eigenvalue weighted by molar-refractivity contribution is -0.140. The number of halogens is 2. The van der Waals surface area contributed by atoms with Crippen LogP contribution in [-0.4, -0.2) is 20.6 Å². The van der Waals surface area contributed by atoms with Crippen LogP contribution in [0.2, 0.25) is 0 Å². The van der Waals surface area contributed by atoms with Crippen LogP contribution in [0.4, 0.5) is 8.78 Å². The van der Waals surface area contributed by atoms with E-state index in [2.05, 4.69) is 4.98 Å². The Morgan fingerprint density at radius 2 is 2.00 bits per heavy atom. The van der Waals surface area contributed by atoms with Gasteiger partial charge in [0.1, 0.15) is 11.9 Å². The fourth-order valence-corrected chi connectivity index (χ4v) is 1.81. The molecule has 0 saturated heterocycles. The average Bonchev–Trinajstić information content (AvgIpc) is 2.53. The van der Waals surface area contributed by atoms with Gasteiger partial charge in [-0.1, -0.05) is 0 Å². The van der Waals surface area contributed by atoms with Crippen LogP contribution in [0.1, 0.15) is 18.8 Å². The summed E-state index contributed by atoms with van der Waals surface area (Å²) in [5, 5.41) is 8.95. The highest BCUT2D eigenvalue weighted by Crippen LogP contribution is 2.23. The minimum atomic E-state index is -1.06. The monoisotopic (exact) mass is 240 g/mol. The second kappa shape index (κ2) is 3.80. The van der Waals surface area contributed by atoms with E-state index < -0.39 is 23.6 Å². The van der Waals surface area contributed by atoms with Crippen molar-refractivity contribution in [2.24, 2.45) is 0 Å². The number of aliphatic carboxylic acids is 1. The maximum atomic E-state index is 13.1. The van der Waals surface area contributed by atoms with Crippen LogP contribution >= 0.6 is 0 Å². The molecular weight excluding hydrogens is 230 g/mol. The Labute approximate surface area is 95.5 Å². The molecule has 0 aliphatic carbocycles. The molecule has 2 aromatic rings. The van der Waals surface area contributed by atoms with Crippen molar-refractivity contribution in [3.05, 3.63) is 29.6 Å². The summed E-state index contributed by atoms with van der Waals surface area (Å²) in [5.41, 5.74) is 0.519. The summed E-state index contributed by atoms with van der Waals surface area (Å²) in [4.78, 5) is 14.9. The van der Waals surface area contributed by atoms with Crippen molar-refractivity contribution in [2.45, 2.75) is 19.9 Å². The Hall–Kier alpha value is -1.98. The highest BCUT2D eigenvalue weighted by molar-refractivity contribution is 5.80. The van der Waals surface area contributed by atoms with E-state index in [4.69, 9.17) is 5.11 Å². The van der Waals surface area contributed by atoms with Crippen molar-refractivity contribution >= 4 is 17.0 Å². The summed E-state index contributed by atoms with van der Waals surface area (Å²) in [6.45, 7) is 3.05. The third-order valence-corrected chi connectivity index (χ3v) is 2.65. The van der Waals surface area contributed by atoms with Gasteiger partial charge in [0.05, 0.1) is 11.0 Å². The van der Waals surface area contributed by atoms with E-state index in [1.165, 1.54) is 11.5 Å². The number of carbonyl (C=O) groups is 1. The van der Waals surface area contributed by atoms with Gasteiger partial charge in [-0.2, -0.15) is 0 Å². The van der Waals surface area contributed by atoms with Gasteiger partial charge in [0, 0.05) is 12.1 Å². The van der Waals surface area contributed by atoms with E-state index in [-0.39, 0.29) is 11.0 Å². The highest BCUT2D eigenvalue weighted by Gasteiger charge is 2.20. The lowest BCUT2D eigenvalue weighted by Gasteiger charge is -2.11. The zero-order chi connectivity index (χ0) is 12.7. The Morgan fingerprint density at radius 1 is 1.41 bits per heavy atom. The molecule has 1 aromatic heterocycles. The van der Waals surface area contributed by atoms with Crippen LogP contribution in [0.3, 0.4) is 0 Å². The third kappa shape index (κ3) is 1.75. The molecule has 1 heterocycles. The summed E-state index contributed by atoms with van der Waals surface area (Å²) in [6, 6.07) is 1.04. The number of aromatic nitrogens is 2. The SMILES string of the molecule is Cc1nc2cc(F)c(F)cc2n1C(C)C(=O)O. The molecule has 0 spiro atoms. The number of rotatable bonds is 2. The summed E-state index contributed by atoms with van der Waals surface area (Å²) in [6.07, 6.45) is 0. The molecule has 2 rings (SSSR count). The predicted octanol–water partition coefficient (Wildman–Crippen LogP) is 2.27. The van der Waals surface area contributed by atoms with Gasteiger partial charge in [0.2, 0.25) is 0 Å². The van der Waals surface area contributed by atoms with Crippen molar-refractivity contribution in [3.8, 4) is 0 Å². The molecule has 1 N–H and O–H groups in total. The molecule has 0 saturated carbocycles. The molecule has 0 bridgehead atoms. The molecule has 0 aliphatic rings. The Morgan fingerprint density at radius 3 is 2.59 bits per heavy atom. The zero-order valence-corrected chi connectivity index (χ0v) is 9.24. The van der Waals surface area contributed by atoms with E-state index in [1.807, 2.05) is 0 Å². The first-order valence-electron chi connectivity index (χ1n) is 4.98. The van der Waals surface area contributed by atoms with E-state index in [9.17, 15) is 13.6 Å². The second-order valence-electron chi connectivity index (χ2n) is 3.80. The maximum Gasteiger partial charge on any atom is 0.326 e. The molecule has 1 unspecified atom stereocenters. The van der Waals surface area contributed by atoms with Gasteiger partial charge < -0.3 is 9.67 Å². The van der Waals surface area contributed by atoms with E-state index in [1.54, 1.807) is 6.92 Å². The molecule has 0 aliphatic heterocycles. The number of fused-ring (bicyclic) bond motifs is 1. The van der Waals surface area contributed by atoms with Gasteiger partial charge in [0.15, 0.2) is 11.6 Å². The topological polar surface area (TPSA) is 55.1 Å². The smallest absolute Gasteiger partial charge is 0.326 e. The lowest BCUT2D eigenvalue weighted by atomic mass is 10.2. The maximum absolute atomic E-state index is 13.1. The van der Waals surface area contributed by atoms with Crippen molar-refractivity contribution in [1.29, 1.82) is 0 Å². The zero-order valence-electron chi connectivity index (χ0n) is 9.24. The normalized spacial score (nSPS) is 12.9. The summed E-state index contributed by atoms with van der Waals surface area (Å²) in [7, 11) is 0. The van der Waals surface area contributed by atoms with Crippen LogP contribution in [-0.2, 0) is 4.79 Å². The first kappa shape index (κ1) is 11.5. The number of nitrogens with zero attached hydrogens (tertiary/aromatic N) is 2. The van der Waals surface area contributed by atoms with Crippen LogP contribution in [0.25, 0.3) is 11.0 Å². The number of benzene rings is 1. The number of hydrogen-bond donors (Lipinski definition) is 1. The largest absolute Gasteiger partial charge is 0.480 e. The molecule has 4 nitrogen and oxygen atoms in total. The molecule has 0 fully saturated rings. The van der Waals surface area contributed by atoms with Crippen LogP contribution in [0, 0.1) is 18.6 Å². The highest BCUT2D eigenvalue weighted by atomic mass is 19.2. The van der Waals surface area contributed by atoms with Gasteiger partial charge in [-0.3, -0.25) is 0 Å². The van der Waals surface area contributed by atoms with E-state index in [0.717, 1.165) is 12.1 Å². The van der Waals surface area contributed by atoms with Crippen molar-refractivity contribution in [3.63, 3.8) is 0 Å². The van der Waals surface area contributed by atoms with Gasteiger partial charge in [-0.05, 0) is 13.8 Å². The third-order valence-electron chi connectivity index (χ3n) is 2.65. The van der Waals surface area contributed by atoms with E-state index in [0.29, 0.717) is 5.82 Å². The second-order valence-corrected chi connectivity index (χ2v) is 3.80. The van der Waals surface area contributed by atoms with E-state index >= 15 is 0 Å². The molecule has 1 aromatic carbocycles. The molecule has 6 heteroatoms. The van der Waals surface area contributed by atoms with Crippen LogP contribution < -0.4 is 0 Å². The molecule has 17 heavy (non-hydrogen) atoms. The standard InChI is InChI=1S/C11H10F2N2O2/c1-5(11(16)17)15-6(2)14-9-3-7(12)8(13)4-10(9)15/h3-5H,1-2H3,(H,16,17). The number of imidazole rings is 1. The molecular formula is C11H10F2N2O2. The van der Waals surface area contributed by atoms with Crippen molar-refractivity contribution in [2.75, 3.05) is 0 Å². The Balaban J connectivity index is 2.75. The Bertz CT molecular complexity index is 607. The minimum Gasteiger partial charge on any atom is -0.480 e. The summed E-state index contributed by atoms with van der Waals surface area (Å²) in [5.74, 6) is -2.67. The first-order chi connectivity index (χ1) is 7.91. The Kier molecular flexibility index (Phi) is 2.57. The lowest BCUT2D eigenvalue weighted by Crippen LogP contribution is -2.16. The number of carboxylic acids is 1. The molecule has 0 radical (unpaired) electrons. The van der Waals surface area contributed by atoms with Gasteiger partial charge >= 0.3 is 5.97 Å². The average molecular weight is 240 g/mol. The first-order valence-corrected chi connectivity index (χ1v) is 4.98. The molecule has 1 atom stereocenters. The quantitative estimate of drug-likeness (QED) is 0.876. The molecule has 0 amide bonds. The minimum absolute atomic E-state index is 0.245. The number of hydrogen-bond acceptors (Lipinski definition) is 2. The van der Waals surface area contributed by atoms with Crippen molar-refractivity contribution < 1.29 is 18.7 Å². The summed E-state index contributed by atoms with van der Waals surface area (Å²) < 4.78 is 27.5. The number of carboxylic acid groups (broad SMARTS) is 1. The molecule has 90 valence electrons. The fourth-order valence-electron chi connectivity index (χ4n) is 1.81. The van der Waals surface area contributed by atoms with Crippen LogP contribution in [0.5, 0.6) is 0 Å². The van der Waals surface area contributed by atoms with Crippen molar-refractivity contribution in [1.82, 2.24) is 9.55 Å². The fraction of sp³-hybridized carbons (Fsp3) is 0.273. The van der Waals surface area contributed by atoms with Gasteiger partial charge in [-0.15, -0.1) is 0 Å². The number of aryl methyl sites for hydroxylation is 1. The predicted molar refractivity (Wildman–Crippen MR) is 56.7 cm³/mol. The van der Waals surface area contributed by atoms with Gasteiger partial charge in [-0.25, -0.2) is 18.6 Å². The van der Waals surface area contributed by atoms with Crippen LogP contribution in [0.15, 0.2) is 12.1 Å². The summed E-state index contributed by atoms with van der Waals surface area (Å²) >= 11 is 0. The van der Waals surface area contributed by atoms with Gasteiger partial charge in [0.25, 0.3) is 0 Å².